The van der Waals surface area contributed by atoms with Crippen molar-refractivity contribution >= 4 is 0 Å². The smallest absolute Gasteiger partial charge is 0.146 e. The summed E-state index contributed by atoms with van der Waals surface area (Å²) in [4.78, 5) is 4.64. The van der Waals surface area contributed by atoms with Crippen molar-refractivity contribution in [2.24, 2.45) is 7.05 Å². The average molecular weight is 315 g/mol. The van der Waals surface area contributed by atoms with Gasteiger partial charge in [-0.3, -0.25) is 9.80 Å². The summed E-state index contributed by atoms with van der Waals surface area (Å²) >= 11 is 0. The average Bonchev–Trinajstić information content (AvgIpc) is 2.93. The lowest BCUT2D eigenvalue weighted by molar-refractivity contribution is -0.0745. The van der Waals surface area contributed by atoms with Crippen LogP contribution in [0.1, 0.15) is 17.4 Å². The van der Waals surface area contributed by atoms with Gasteiger partial charge in [-0.25, -0.2) is 0 Å². The molecule has 1 aromatic heterocycles. The molecule has 2 atom stereocenters. The van der Waals surface area contributed by atoms with Crippen molar-refractivity contribution in [1.29, 1.82) is 0 Å². The Bertz CT molecular complexity index is 614. The SMILES string of the molecule is CN(Cc1nncn1C)C[C@@H]1OCCN(C)[C@H]1c1ccccc1. The molecule has 6 heteroatoms. The number of hydrogen-bond acceptors (Lipinski definition) is 5. The van der Waals surface area contributed by atoms with Gasteiger partial charge in [-0.2, -0.15) is 0 Å². The van der Waals surface area contributed by atoms with Gasteiger partial charge in [0.1, 0.15) is 12.2 Å². The van der Waals surface area contributed by atoms with E-state index in [0.29, 0.717) is 0 Å². The van der Waals surface area contributed by atoms with Crippen molar-refractivity contribution in [1.82, 2.24) is 24.6 Å². The van der Waals surface area contributed by atoms with E-state index in [1.54, 1.807) is 6.33 Å². The zero-order valence-electron chi connectivity index (χ0n) is 14.1. The number of morpholine rings is 1. The van der Waals surface area contributed by atoms with E-state index in [-0.39, 0.29) is 12.1 Å². The van der Waals surface area contributed by atoms with Gasteiger partial charge in [0.05, 0.1) is 25.3 Å². The first-order valence-electron chi connectivity index (χ1n) is 8.03. The lowest BCUT2D eigenvalue weighted by Crippen LogP contribution is -2.47. The number of nitrogens with zero attached hydrogens (tertiary/aromatic N) is 5. The molecule has 6 nitrogen and oxygen atoms in total. The third-order valence-corrected chi connectivity index (χ3v) is 4.45. The third kappa shape index (κ3) is 3.77. The van der Waals surface area contributed by atoms with E-state index < -0.39 is 0 Å². The molecule has 0 bridgehead atoms. The molecule has 0 amide bonds. The highest BCUT2D eigenvalue weighted by Gasteiger charge is 2.32. The molecule has 3 rings (SSSR count). The van der Waals surface area contributed by atoms with Crippen LogP contribution in [0.2, 0.25) is 0 Å². The molecule has 2 heterocycles. The lowest BCUT2D eigenvalue weighted by atomic mass is 9.98. The second kappa shape index (κ2) is 7.21. The molecule has 1 aromatic carbocycles. The minimum atomic E-state index is 0.148. The zero-order valence-corrected chi connectivity index (χ0v) is 14.1. The van der Waals surface area contributed by atoms with Crippen LogP contribution in [0, 0.1) is 0 Å². The number of aryl methyl sites for hydroxylation is 1. The van der Waals surface area contributed by atoms with E-state index in [4.69, 9.17) is 4.74 Å². The van der Waals surface area contributed by atoms with Crippen LogP contribution in [-0.2, 0) is 18.3 Å². The second-order valence-corrected chi connectivity index (χ2v) is 6.30. The largest absolute Gasteiger partial charge is 0.374 e. The first kappa shape index (κ1) is 16.1. The van der Waals surface area contributed by atoms with Gasteiger partial charge in [-0.15, -0.1) is 10.2 Å². The Morgan fingerprint density at radius 3 is 2.74 bits per heavy atom. The third-order valence-electron chi connectivity index (χ3n) is 4.45. The summed E-state index contributed by atoms with van der Waals surface area (Å²) in [6.45, 7) is 3.36. The predicted octanol–water partition coefficient (Wildman–Crippen LogP) is 1.32. The second-order valence-electron chi connectivity index (χ2n) is 6.30. The van der Waals surface area contributed by atoms with Gasteiger partial charge in [0, 0.05) is 20.1 Å². The summed E-state index contributed by atoms with van der Waals surface area (Å²) in [6.07, 6.45) is 1.88. The molecule has 1 saturated heterocycles. The number of benzene rings is 1. The highest BCUT2D eigenvalue weighted by atomic mass is 16.5. The van der Waals surface area contributed by atoms with Crippen molar-refractivity contribution in [3.05, 3.63) is 48.0 Å². The van der Waals surface area contributed by atoms with Crippen LogP contribution < -0.4 is 0 Å². The van der Waals surface area contributed by atoms with Crippen LogP contribution in [0.4, 0.5) is 0 Å². The molecule has 23 heavy (non-hydrogen) atoms. The van der Waals surface area contributed by atoms with E-state index >= 15 is 0 Å². The summed E-state index contributed by atoms with van der Waals surface area (Å²) < 4.78 is 8.07. The first-order chi connectivity index (χ1) is 11.1. The highest BCUT2D eigenvalue weighted by Crippen LogP contribution is 2.28. The Balaban J connectivity index is 1.70. The minimum absolute atomic E-state index is 0.148. The van der Waals surface area contributed by atoms with E-state index in [9.17, 15) is 0 Å². The summed E-state index contributed by atoms with van der Waals surface area (Å²) in [7, 11) is 6.26. The van der Waals surface area contributed by atoms with Crippen LogP contribution in [0.5, 0.6) is 0 Å². The predicted molar refractivity (Wildman–Crippen MR) is 88.9 cm³/mol. The summed E-state index contributed by atoms with van der Waals surface area (Å²) in [5.41, 5.74) is 1.31. The molecule has 0 radical (unpaired) electrons. The summed E-state index contributed by atoms with van der Waals surface area (Å²) in [6, 6.07) is 10.9. The van der Waals surface area contributed by atoms with Gasteiger partial charge in [0.15, 0.2) is 0 Å². The minimum Gasteiger partial charge on any atom is -0.374 e. The number of aromatic nitrogens is 3. The van der Waals surface area contributed by atoms with Crippen molar-refractivity contribution in [3.63, 3.8) is 0 Å². The number of likely N-dealkylation sites (N-methyl/N-ethyl adjacent to an activating group) is 2. The summed E-state index contributed by atoms with van der Waals surface area (Å²) in [5, 5.41) is 8.10. The molecule has 0 spiro atoms. The van der Waals surface area contributed by atoms with Crippen LogP contribution >= 0.6 is 0 Å². The van der Waals surface area contributed by atoms with Gasteiger partial charge < -0.3 is 9.30 Å². The molecule has 0 N–H and O–H groups in total. The van der Waals surface area contributed by atoms with Crippen molar-refractivity contribution in [3.8, 4) is 0 Å². The van der Waals surface area contributed by atoms with Crippen molar-refractivity contribution < 1.29 is 4.74 Å². The summed E-state index contributed by atoms with van der Waals surface area (Å²) in [5.74, 6) is 0.966. The monoisotopic (exact) mass is 315 g/mol. The standard InChI is InChI=1S/C17H25N5O/c1-20(12-16-19-18-13-22(16)3)11-15-17(21(2)9-10-23-15)14-7-5-4-6-8-14/h4-8,13,15,17H,9-12H2,1-3H3/t15-,17-/m0/s1. The Labute approximate surface area is 137 Å². The fraction of sp³-hybridized carbons (Fsp3) is 0.529. The quantitative estimate of drug-likeness (QED) is 0.833. The Morgan fingerprint density at radius 2 is 2.04 bits per heavy atom. The Hall–Kier alpha value is -1.76. The fourth-order valence-electron chi connectivity index (χ4n) is 3.20. The highest BCUT2D eigenvalue weighted by molar-refractivity contribution is 5.21. The molecule has 0 unspecified atom stereocenters. The number of rotatable bonds is 5. The first-order valence-corrected chi connectivity index (χ1v) is 8.03. The van der Waals surface area contributed by atoms with Gasteiger partial charge in [-0.05, 0) is 19.7 Å². The van der Waals surface area contributed by atoms with E-state index in [1.807, 2.05) is 11.6 Å². The normalized spacial score (nSPS) is 22.6. The fourth-order valence-corrected chi connectivity index (χ4v) is 3.20. The molecular weight excluding hydrogens is 290 g/mol. The van der Waals surface area contributed by atoms with Gasteiger partial charge in [-0.1, -0.05) is 30.3 Å². The van der Waals surface area contributed by atoms with Gasteiger partial charge in [0.25, 0.3) is 0 Å². The van der Waals surface area contributed by atoms with Crippen LogP contribution in [0.25, 0.3) is 0 Å². The maximum absolute atomic E-state index is 6.11. The molecular formula is C17H25N5O. The maximum Gasteiger partial charge on any atom is 0.146 e. The number of ether oxygens (including phenoxy) is 1. The number of hydrogen-bond donors (Lipinski definition) is 0. The van der Waals surface area contributed by atoms with Gasteiger partial charge in [0.2, 0.25) is 0 Å². The van der Waals surface area contributed by atoms with E-state index in [1.165, 1.54) is 5.56 Å². The molecule has 0 aliphatic carbocycles. The van der Waals surface area contributed by atoms with Crippen LogP contribution in [0.15, 0.2) is 36.7 Å². The van der Waals surface area contributed by atoms with E-state index in [0.717, 1.165) is 32.1 Å². The van der Waals surface area contributed by atoms with Crippen LogP contribution in [-0.4, -0.2) is 64.5 Å². The molecule has 1 aliphatic heterocycles. The lowest BCUT2D eigenvalue weighted by Gasteiger charge is -2.40. The molecule has 2 aromatic rings. The molecule has 124 valence electrons. The van der Waals surface area contributed by atoms with E-state index in [2.05, 4.69) is 64.4 Å². The molecule has 1 fully saturated rings. The topological polar surface area (TPSA) is 46.4 Å². The van der Waals surface area contributed by atoms with Gasteiger partial charge >= 0.3 is 0 Å². The zero-order chi connectivity index (χ0) is 16.2. The maximum atomic E-state index is 6.11. The van der Waals surface area contributed by atoms with Crippen LogP contribution in [0.3, 0.4) is 0 Å². The molecule has 0 saturated carbocycles. The Morgan fingerprint density at radius 1 is 1.26 bits per heavy atom. The molecule has 1 aliphatic rings. The van der Waals surface area contributed by atoms with Crippen molar-refractivity contribution in [2.75, 3.05) is 33.8 Å². The van der Waals surface area contributed by atoms with Crippen molar-refractivity contribution in [2.45, 2.75) is 18.7 Å². The Kier molecular flexibility index (Phi) is 5.05.